The van der Waals surface area contributed by atoms with Crippen molar-refractivity contribution in [3.05, 3.63) is 36.5 Å². The van der Waals surface area contributed by atoms with Crippen LogP contribution in [-0.4, -0.2) is 13.1 Å². The molecule has 0 unspecified atom stereocenters. The summed E-state index contributed by atoms with van der Waals surface area (Å²) in [6.45, 7) is 1.92. The third kappa shape index (κ3) is 6.58. The summed E-state index contributed by atoms with van der Waals surface area (Å²) in [5.41, 5.74) is 0. The van der Waals surface area contributed by atoms with Gasteiger partial charge in [-0.2, -0.15) is 0 Å². The monoisotopic (exact) mass is 152 g/mol. The highest BCUT2D eigenvalue weighted by Gasteiger charge is 1.85. The molecule has 0 aromatic carbocycles. The molecular weight excluding hydrogens is 140 g/mol. The van der Waals surface area contributed by atoms with E-state index in [-0.39, 0.29) is 5.97 Å². The number of rotatable bonds is 3. The van der Waals surface area contributed by atoms with Gasteiger partial charge >= 0.3 is 5.97 Å². The van der Waals surface area contributed by atoms with Gasteiger partial charge in [0.1, 0.15) is 0 Å². The van der Waals surface area contributed by atoms with Gasteiger partial charge in [-0.3, -0.25) is 0 Å². The summed E-state index contributed by atoms with van der Waals surface area (Å²) in [5, 5.41) is 0. The highest BCUT2D eigenvalue weighted by Crippen LogP contribution is 1.81. The molecular formula is C9H12O2. The largest absolute Gasteiger partial charge is 0.466 e. The van der Waals surface area contributed by atoms with Crippen molar-refractivity contribution in [1.82, 2.24) is 0 Å². The number of ether oxygens (including phenoxy) is 1. The normalized spacial score (nSPS) is 11.8. The Morgan fingerprint density at radius 1 is 1.18 bits per heavy atom. The van der Waals surface area contributed by atoms with Gasteiger partial charge in [-0.25, -0.2) is 4.79 Å². The van der Waals surface area contributed by atoms with Crippen LogP contribution in [0.3, 0.4) is 0 Å². The molecule has 0 radical (unpaired) electrons. The standard InChI is InChI=1S/C9H12O2/c1-3-4-5-6-7-8-9(10)11-2/h3-8H,1-2H3/b4-3+,6-5+,8-7-. The van der Waals surface area contributed by atoms with Crippen LogP contribution < -0.4 is 0 Å². The summed E-state index contributed by atoms with van der Waals surface area (Å²) >= 11 is 0. The van der Waals surface area contributed by atoms with Crippen LogP contribution in [0, 0.1) is 0 Å². The molecule has 0 rings (SSSR count). The SMILES string of the molecule is C/C=C/C=C/C=C\C(=O)OC. The van der Waals surface area contributed by atoms with Crippen molar-refractivity contribution in [3.63, 3.8) is 0 Å². The molecule has 0 aromatic heterocycles. The van der Waals surface area contributed by atoms with E-state index in [2.05, 4.69) is 4.74 Å². The summed E-state index contributed by atoms with van der Waals surface area (Å²) in [4.78, 5) is 10.5. The van der Waals surface area contributed by atoms with Gasteiger partial charge in [0.2, 0.25) is 0 Å². The van der Waals surface area contributed by atoms with E-state index in [0.717, 1.165) is 0 Å². The summed E-state index contributed by atoms with van der Waals surface area (Å²) in [6.07, 6.45) is 10.4. The zero-order valence-electron chi connectivity index (χ0n) is 6.78. The van der Waals surface area contributed by atoms with Crippen LogP contribution in [-0.2, 0) is 9.53 Å². The summed E-state index contributed by atoms with van der Waals surface area (Å²) < 4.78 is 4.38. The molecule has 0 N–H and O–H groups in total. The van der Waals surface area contributed by atoms with E-state index in [1.165, 1.54) is 13.2 Å². The topological polar surface area (TPSA) is 26.3 Å². The Hall–Kier alpha value is -1.31. The predicted molar refractivity (Wildman–Crippen MR) is 45.1 cm³/mol. The van der Waals surface area contributed by atoms with Crippen molar-refractivity contribution in [1.29, 1.82) is 0 Å². The predicted octanol–water partition coefficient (Wildman–Crippen LogP) is 1.85. The van der Waals surface area contributed by atoms with Gasteiger partial charge in [0.05, 0.1) is 7.11 Å². The molecule has 0 atom stereocenters. The van der Waals surface area contributed by atoms with Crippen molar-refractivity contribution >= 4 is 5.97 Å². The van der Waals surface area contributed by atoms with E-state index < -0.39 is 0 Å². The molecule has 0 aromatic rings. The first kappa shape index (κ1) is 9.69. The lowest BCUT2D eigenvalue weighted by Gasteiger charge is -1.85. The lowest BCUT2D eigenvalue weighted by atomic mass is 10.4. The van der Waals surface area contributed by atoms with E-state index in [4.69, 9.17) is 0 Å². The van der Waals surface area contributed by atoms with Gasteiger partial charge in [-0.1, -0.05) is 30.4 Å². The molecule has 0 fully saturated rings. The number of carbonyl (C=O) groups excluding carboxylic acids is 1. The minimum absolute atomic E-state index is 0.338. The van der Waals surface area contributed by atoms with Gasteiger partial charge in [-0.15, -0.1) is 0 Å². The molecule has 0 saturated heterocycles. The van der Waals surface area contributed by atoms with Crippen LogP contribution in [0.2, 0.25) is 0 Å². The van der Waals surface area contributed by atoms with E-state index in [1.54, 1.807) is 12.2 Å². The average molecular weight is 152 g/mol. The van der Waals surface area contributed by atoms with E-state index in [1.807, 2.05) is 25.2 Å². The highest BCUT2D eigenvalue weighted by molar-refractivity contribution is 5.82. The molecule has 2 heteroatoms. The Balaban J connectivity index is 3.68. The minimum Gasteiger partial charge on any atom is -0.466 e. The first-order valence-corrected chi connectivity index (χ1v) is 3.35. The molecule has 0 aliphatic rings. The van der Waals surface area contributed by atoms with Crippen LogP contribution in [0.25, 0.3) is 0 Å². The lowest BCUT2D eigenvalue weighted by molar-refractivity contribution is -0.134. The second kappa shape index (κ2) is 6.81. The molecule has 0 aliphatic heterocycles. The third-order valence-electron chi connectivity index (χ3n) is 0.959. The summed E-state index contributed by atoms with van der Waals surface area (Å²) in [5.74, 6) is -0.338. The molecule has 0 heterocycles. The molecule has 60 valence electrons. The Bertz CT molecular complexity index is 188. The van der Waals surface area contributed by atoms with E-state index in [0.29, 0.717) is 0 Å². The fourth-order valence-electron chi connectivity index (χ4n) is 0.442. The van der Waals surface area contributed by atoms with Crippen molar-refractivity contribution in [2.24, 2.45) is 0 Å². The quantitative estimate of drug-likeness (QED) is 0.350. The number of methoxy groups -OCH3 is 1. The van der Waals surface area contributed by atoms with Crippen LogP contribution in [0.5, 0.6) is 0 Å². The summed E-state index contributed by atoms with van der Waals surface area (Å²) in [6, 6.07) is 0. The Morgan fingerprint density at radius 3 is 2.36 bits per heavy atom. The number of esters is 1. The van der Waals surface area contributed by atoms with Gasteiger partial charge in [0.15, 0.2) is 0 Å². The van der Waals surface area contributed by atoms with Gasteiger partial charge in [0, 0.05) is 6.08 Å². The molecule has 2 nitrogen and oxygen atoms in total. The number of hydrogen-bond donors (Lipinski definition) is 0. The van der Waals surface area contributed by atoms with Gasteiger partial charge < -0.3 is 4.74 Å². The van der Waals surface area contributed by atoms with Crippen LogP contribution in [0.1, 0.15) is 6.92 Å². The Labute approximate surface area is 66.9 Å². The molecule has 0 aliphatic carbocycles. The maximum Gasteiger partial charge on any atom is 0.330 e. The van der Waals surface area contributed by atoms with Crippen molar-refractivity contribution in [2.45, 2.75) is 6.92 Å². The van der Waals surface area contributed by atoms with Crippen molar-refractivity contribution in [2.75, 3.05) is 7.11 Å². The molecule has 11 heavy (non-hydrogen) atoms. The zero-order valence-corrected chi connectivity index (χ0v) is 6.78. The first-order valence-electron chi connectivity index (χ1n) is 3.35. The molecule has 0 amide bonds. The Morgan fingerprint density at radius 2 is 1.82 bits per heavy atom. The molecule has 0 spiro atoms. The fourth-order valence-corrected chi connectivity index (χ4v) is 0.442. The Kier molecular flexibility index (Phi) is 5.99. The summed E-state index contributed by atoms with van der Waals surface area (Å²) in [7, 11) is 1.35. The van der Waals surface area contributed by atoms with Crippen LogP contribution in [0.4, 0.5) is 0 Å². The second-order valence-electron chi connectivity index (χ2n) is 1.79. The second-order valence-corrected chi connectivity index (χ2v) is 1.79. The number of hydrogen-bond acceptors (Lipinski definition) is 2. The maximum absolute atomic E-state index is 10.5. The number of carbonyl (C=O) groups is 1. The first-order chi connectivity index (χ1) is 5.31. The number of allylic oxidation sites excluding steroid dienone is 5. The minimum atomic E-state index is -0.338. The third-order valence-corrected chi connectivity index (χ3v) is 0.959. The smallest absolute Gasteiger partial charge is 0.330 e. The molecule has 0 bridgehead atoms. The van der Waals surface area contributed by atoms with Crippen LogP contribution in [0.15, 0.2) is 36.5 Å². The van der Waals surface area contributed by atoms with Crippen LogP contribution >= 0.6 is 0 Å². The lowest BCUT2D eigenvalue weighted by Crippen LogP contribution is -1.92. The molecule has 0 saturated carbocycles. The van der Waals surface area contributed by atoms with Crippen molar-refractivity contribution in [3.8, 4) is 0 Å². The van der Waals surface area contributed by atoms with Gasteiger partial charge in [0.25, 0.3) is 0 Å². The maximum atomic E-state index is 10.5. The van der Waals surface area contributed by atoms with Crippen molar-refractivity contribution < 1.29 is 9.53 Å². The van der Waals surface area contributed by atoms with E-state index in [9.17, 15) is 4.79 Å². The highest BCUT2D eigenvalue weighted by atomic mass is 16.5. The average Bonchev–Trinajstić information content (AvgIpc) is 2.04. The van der Waals surface area contributed by atoms with Gasteiger partial charge in [-0.05, 0) is 6.92 Å². The van der Waals surface area contributed by atoms with E-state index >= 15 is 0 Å². The fraction of sp³-hybridized carbons (Fsp3) is 0.222. The zero-order chi connectivity index (χ0) is 8.53.